The molecule has 2 unspecified atom stereocenters. The van der Waals surface area contributed by atoms with E-state index in [0.717, 1.165) is 11.4 Å². The Kier molecular flexibility index (Phi) is 8.41. The van der Waals surface area contributed by atoms with Gasteiger partial charge in [0, 0.05) is 20.0 Å². The number of carbonyl (C=O) groups is 2. The Morgan fingerprint density at radius 3 is 2.40 bits per heavy atom. The van der Waals surface area contributed by atoms with Gasteiger partial charge in [0.25, 0.3) is 0 Å². The van der Waals surface area contributed by atoms with Crippen molar-refractivity contribution in [3.8, 4) is 0 Å². The third-order valence-electron chi connectivity index (χ3n) is 4.77. The van der Waals surface area contributed by atoms with Crippen LogP contribution in [-0.2, 0) is 30.3 Å². The minimum Gasteiger partial charge on any atom is -0.503 e. The van der Waals surface area contributed by atoms with Gasteiger partial charge in [0.15, 0.2) is 0 Å². The number of nitrogens with zero attached hydrogens (tertiary/aromatic N) is 3. The van der Waals surface area contributed by atoms with Gasteiger partial charge in [0.05, 0.1) is 39.2 Å². The molecule has 0 aromatic heterocycles. The van der Waals surface area contributed by atoms with Gasteiger partial charge in [0.2, 0.25) is 5.91 Å². The second kappa shape index (κ2) is 10.8. The van der Waals surface area contributed by atoms with Crippen LogP contribution in [-0.4, -0.2) is 67.1 Å². The van der Waals surface area contributed by atoms with Gasteiger partial charge in [0.1, 0.15) is 11.4 Å². The summed E-state index contributed by atoms with van der Waals surface area (Å²) < 4.78 is 15.7. The molecule has 8 nitrogen and oxygen atoms in total. The second-order valence-corrected chi connectivity index (χ2v) is 7.30. The number of benzene rings is 1. The summed E-state index contributed by atoms with van der Waals surface area (Å²) in [6, 6.07) is 7.30. The van der Waals surface area contributed by atoms with Crippen LogP contribution >= 0.6 is 0 Å². The SMILES string of the molecule is COC=C(C(=O)OC)c1ccccc1CN(N=C(C)N1CC(C)OC(C)C1)C(C)=O. The maximum atomic E-state index is 12.3. The fourth-order valence-electron chi connectivity index (χ4n) is 3.43. The van der Waals surface area contributed by atoms with Gasteiger partial charge in [-0.3, -0.25) is 4.79 Å². The molecule has 1 aromatic rings. The van der Waals surface area contributed by atoms with Crippen LogP contribution in [0.3, 0.4) is 0 Å². The predicted octanol–water partition coefficient (Wildman–Crippen LogP) is 2.64. The summed E-state index contributed by atoms with van der Waals surface area (Å²) in [5.41, 5.74) is 1.65. The highest BCUT2D eigenvalue weighted by Gasteiger charge is 2.24. The molecule has 1 aliphatic heterocycles. The lowest BCUT2D eigenvalue weighted by molar-refractivity contribution is -0.133. The molecule has 1 aliphatic rings. The Hall–Kier alpha value is -2.87. The number of hydrogen-bond donors (Lipinski definition) is 0. The van der Waals surface area contributed by atoms with Crippen molar-refractivity contribution in [2.45, 2.75) is 46.4 Å². The third kappa shape index (κ3) is 6.06. The molecule has 0 spiro atoms. The van der Waals surface area contributed by atoms with Crippen LogP contribution < -0.4 is 0 Å². The average Bonchev–Trinajstić information content (AvgIpc) is 2.70. The van der Waals surface area contributed by atoms with E-state index in [1.54, 1.807) is 6.07 Å². The Morgan fingerprint density at radius 1 is 1.20 bits per heavy atom. The molecule has 0 aliphatic carbocycles. The number of carbonyl (C=O) groups excluding carboxylic acids is 2. The van der Waals surface area contributed by atoms with Crippen LogP contribution in [0.2, 0.25) is 0 Å². The average molecular weight is 418 g/mol. The second-order valence-electron chi connectivity index (χ2n) is 7.30. The van der Waals surface area contributed by atoms with Crippen molar-refractivity contribution in [2.24, 2.45) is 5.10 Å². The quantitative estimate of drug-likeness (QED) is 0.177. The highest BCUT2D eigenvalue weighted by atomic mass is 16.5. The molecule has 8 heteroatoms. The molecule has 0 saturated carbocycles. The first-order valence-electron chi connectivity index (χ1n) is 9.90. The summed E-state index contributed by atoms with van der Waals surface area (Å²) >= 11 is 0. The van der Waals surface area contributed by atoms with E-state index in [2.05, 4.69) is 10.0 Å². The highest BCUT2D eigenvalue weighted by Crippen LogP contribution is 2.23. The molecule has 0 N–H and O–H groups in total. The maximum absolute atomic E-state index is 12.3. The first-order valence-corrected chi connectivity index (χ1v) is 9.90. The van der Waals surface area contributed by atoms with Crippen LogP contribution in [0.5, 0.6) is 0 Å². The Bertz CT molecular complexity index is 811. The van der Waals surface area contributed by atoms with Crippen LogP contribution in [0.1, 0.15) is 38.8 Å². The number of ether oxygens (including phenoxy) is 3. The Labute approximate surface area is 178 Å². The van der Waals surface area contributed by atoms with Gasteiger partial charge in [-0.15, -0.1) is 0 Å². The molecule has 1 fully saturated rings. The van der Waals surface area contributed by atoms with Crippen LogP contribution in [0.4, 0.5) is 0 Å². The Morgan fingerprint density at radius 2 is 1.83 bits per heavy atom. The lowest BCUT2D eigenvalue weighted by Gasteiger charge is -2.36. The molecular formula is C22H31N3O5. The number of amides is 1. The van der Waals surface area contributed by atoms with Crippen molar-refractivity contribution in [2.75, 3.05) is 27.3 Å². The number of morpholine rings is 1. The van der Waals surface area contributed by atoms with Crippen molar-refractivity contribution in [3.63, 3.8) is 0 Å². The van der Waals surface area contributed by atoms with Crippen LogP contribution in [0.25, 0.3) is 5.57 Å². The van der Waals surface area contributed by atoms with E-state index < -0.39 is 5.97 Å². The van der Waals surface area contributed by atoms with Crippen molar-refractivity contribution in [3.05, 3.63) is 41.7 Å². The fraction of sp³-hybridized carbons (Fsp3) is 0.500. The summed E-state index contributed by atoms with van der Waals surface area (Å²) in [7, 11) is 2.78. The number of esters is 1. The fourth-order valence-corrected chi connectivity index (χ4v) is 3.43. The molecule has 1 heterocycles. The van der Waals surface area contributed by atoms with E-state index in [0.29, 0.717) is 18.7 Å². The molecule has 0 bridgehead atoms. The summed E-state index contributed by atoms with van der Waals surface area (Å²) in [5, 5.41) is 5.98. The summed E-state index contributed by atoms with van der Waals surface area (Å²) in [4.78, 5) is 26.7. The number of methoxy groups -OCH3 is 2. The molecule has 30 heavy (non-hydrogen) atoms. The van der Waals surface area contributed by atoms with E-state index in [4.69, 9.17) is 14.2 Å². The largest absolute Gasteiger partial charge is 0.503 e. The standard InChI is InChI=1S/C22H31N3O5/c1-15-11-24(12-16(2)30-15)17(3)23-25(18(4)26)13-19-9-7-8-10-20(19)21(14-28-5)22(27)29-6/h7-10,14-16H,11-13H2,1-6H3. The summed E-state index contributed by atoms with van der Waals surface area (Å²) in [5.74, 6) is 0.0220. The van der Waals surface area contributed by atoms with Gasteiger partial charge in [-0.25, -0.2) is 9.80 Å². The smallest absolute Gasteiger partial charge is 0.341 e. The number of rotatable bonds is 6. The topological polar surface area (TPSA) is 80.7 Å². The lowest BCUT2D eigenvalue weighted by atomic mass is 10.0. The summed E-state index contributed by atoms with van der Waals surface area (Å²) in [6.07, 6.45) is 1.52. The van der Waals surface area contributed by atoms with E-state index in [-0.39, 0.29) is 30.2 Å². The monoisotopic (exact) mass is 417 g/mol. The maximum Gasteiger partial charge on any atom is 0.341 e. The van der Waals surface area contributed by atoms with Crippen molar-refractivity contribution in [1.29, 1.82) is 0 Å². The minimum atomic E-state index is -0.519. The molecule has 2 atom stereocenters. The normalized spacial score (nSPS) is 20.0. The van der Waals surface area contributed by atoms with Gasteiger partial charge >= 0.3 is 5.97 Å². The molecule has 2 rings (SSSR count). The zero-order chi connectivity index (χ0) is 22.3. The van der Waals surface area contributed by atoms with Gasteiger partial charge in [-0.1, -0.05) is 24.3 Å². The first kappa shape index (κ1) is 23.4. The van der Waals surface area contributed by atoms with E-state index in [1.807, 2.05) is 39.0 Å². The van der Waals surface area contributed by atoms with Crippen LogP contribution in [0, 0.1) is 0 Å². The Balaban J connectivity index is 2.33. The molecular weight excluding hydrogens is 386 g/mol. The predicted molar refractivity (Wildman–Crippen MR) is 114 cm³/mol. The molecule has 1 aromatic carbocycles. The lowest BCUT2D eigenvalue weighted by Crippen LogP contribution is -2.48. The van der Waals surface area contributed by atoms with E-state index >= 15 is 0 Å². The van der Waals surface area contributed by atoms with Crippen molar-refractivity contribution < 1.29 is 23.8 Å². The first-order chi connectivity index (χ1) is 14.3. The van der Waals surface area contributed by atoms with Crippen molar-refractivity contribution in [1.82, 2.24) is 9.91 Å². The van der Waals surface area contributed by atoms with E-state index in [9.17, 15) is 9.59 Å². The van der Waals surface area contributed by atoms with Crippen LogP contribution in [0.15, 0.2) is 35.6 Å². The number of amidine groups is 1. The third-order valence-corrected chi connectivity index (χ3v) is 4.77. The van der Waals surface area contributed by atoms with Gasteiger partial charge in [-0.05, 0) is 31.9 Å². The van der Waals surface area contributed by atoms with Gasteiger partial charge in [-0.2, -0.15) is 5.10 Å². The molecule has 164 valence electrons. The molecule has 0 radical (unpaired) electrons. The number of hydrazone groups is 1. The number of hydrogen-bond acceptors (Lipinski definition) is 6. The van der Waals surface area contributed by atoms with Crippen molar-refractivity contribution >= 4 is 23.3 Å². The molecule has 1 saturated heterocycles. The highest BCUT2D eigenvalue weighted by molar-refractivity contribution is 6.16. The molecule has 1 amide bonds. The van der Waals surface area contributed by atoms with Gasteiger partial charge < -0.3 is 19.1 Å². The minimum absolute atomic E-state index is 0.0900. The zero-order valence-corrected chi connectivity index (χ0v) is 18.5. The zero-order valence-electron chi connectivity index (χ0n) is 18.5. The van der Waals surface area contributed by atoms with E-state index in [1.165, 1.54) is 32.4 Å². The summed E-state index contributed by atoms with van der Waals surface area (Å²) in [6.45, 7) is 9.02.